The number of aliphatic carboxylic acids is 1. The number of carboxylic acid groups (broad SMARTS) is 1. The number of nitrogens with zero attached hydrogens (tertiary/aromatic N) is 1. The molecule has 17 nitrogen and oxygen atoms in total. The zero-order chi connectivity index (χ0) is 25.9. The van der Waals surface area contributed by atoms with E-state index in [4.69, 9.17) is 16.2 Å². The molecule has 17 heteroatoms. The van der Waals surface area contributed by atoms with Crippen LogP contribution in [0.5, 0.6) is 0 Å². The number of aromatic nitrogens is 2. The van der Waals surface area contributed by atoms with Crippen molar-refractivity contribution in [3.8, 4) is 0 Å². The maximum atomic E-state index is 12.4. The lowest BCUT2D eigenvalue weighted by Gasteiger charge is -2.27. The second-order valence-electron chi connectivity index (χ2n) is 7.49. The largest absolute Gasteiger partial charge is 0.480 e. The molecule has 1 fully saturated rings. The summed E-state index contributed by atoms with van der Waals surface area (Å²) in [7, 11) is 0. The summed E-state index contributed by atoms with van der Waals surface area (Å²) in [5.74, 6) is -3.06. The number of amides is 2. The van der Waals surface area contributed by atoms with E-state index in [1.807, 2.05) is 10.3 Å². The highest BCUT2D eigenvalue weighted by molar-refractivity contribution is 5.87. The number of carbonyl (C=O) groups excluding carboxylic acids is 2. The van der Waals surface area contributed by atoms with Gasteiger partial charge in [0.25, 0.3) is 5.56 Å². The Balaban J connectivity index is 2.20. The summed E-state index contributed by atoms with van der Waals surface area (Å²) in [6.07, 6.45) is -11.3. The number of rotatable bonds is 9. The Hall–Kier alpha value is -3.35. The summed E-state index contributed by atoms with van der Waals surface area (Å²) in [6.45, 7) is 0.533. The lowest BCUT2D eigenvalue weighted by Crippen LogP contribution is -2.60. The Morgan fingerprint density at radius 2 is 1.88 bits per heavy atom. The monoisotopic (exact) mass is 491 g/mol. The van der Waals surface area contributed by atoms with Gasteiger partial charge in [-0.1, -0.05) is 0 Å². The Kier molecular flexibility index (Phi) is 8.48. The topological polar surface area (TPSA) is 290 Å². The molecule has 0 aromatic carbocycles. The molecular weight excluding hydrogens is 466 g/mol. The maximum absolute atomic E-state index is 12.4. The van der Waals surface area contributed by atoms with Crippen molar-refractivity contribution in [2.75, 3.05) is 6.61 Å². The van der Waals surface area contributed by atoms with Crippen LogP contribution in [0.2, 0.25) is 0 Å². The third-order valence-electron chi connectivity index (χ3n) is 5.05. The molecule has 11 N–H and O–H groups in total. The minimum Gasteiger partial charge on any atom is -0.480 e. The molecule has 2 amide bonds. The molecule has 0 aliphatic carbocycles. The van der Waals surface area contributed by atoms with E-state index < -0.39 is 84.7 Å². The van der Waals surface area contributed by atoms with E-state index in [0.29, 0.717) is 0 Å². The number of H-pyrrole nitrogens is 1. The first-order valence-electron chi connectivity index (χ1n) is 9.67. The van der Waals surface area contributed by atoms with Crippen molar-refractivity contribution in [3.63, 3.8) is 0 Å². The molecular formula is C17H25N5O12. The van der Waals surface area contributed by atoms with Crippen molar-refractivity contribution in [2.24, 2.45) is 11.5 Å². The third-order valence-corrected chi connectivity index (χ3v) is 5.05. The fourth-order valence-corrected chi connectivity index (χ4v) is 3.16. The SMILES string of the molecule is Cc1cn([C@@H]2O[C@H]([C@H](NC(=O)[C@H](N)[C@H](O)[C@@H](O)COC(N)=O)C(=O)O)[C@@H](O)[C@H]2O)c(=O)[nH]c1=O. The summed E-state index contributed by atoms with van der Waals surface area (Å²) >= 11 is 0. The number of nitrogens with two attached hydrogens (primary N) is 2. The van der Waals surface area contributed by atoms with Crippen molar-refractivity contribution >= 4 is 18.0 Å². The fraction of sp³-hybridized carbons (Fsp3) is 0.588. The van der Waals surface area contributed by atoms with Crippen molar-refractivity contribution in [1.29, 1.82) is 0 Å². The molecule has 0 unspecified atom stereocenters. The average molecular weight is 491 g/mol. The molecule has 2 heterocycles. The number of aliphatic hydroxyl groups is 4. The van der Waals surface area contributed by atoms with Gasteiger partial charge in [-0.25, -0.2) is 14.4 Å². The molecule has 0 saturated carbocycles. The molecule has 34 heavy (non-hydrogen) atoms. The molecule has 1 aliphatic heterocycles. The van der Waals surface area contributed by atoms with Crippen molar-refractivity contribution in [1.82, 2.24) is 14.9 Å². The van der Waals surface area contributed by atoms with Gasteiger partial charge in [-0.3, -0.25) is 19.1 Å². The summed E-state index contributed by atoms with van der Waals surface area (Å²) in [6, 6.07) is -3.98. The third kappa shape index (κ3) is 5.76. The van der Waals surface area contributed by atoms with Gasteiger partial charge >= 0.3 is 17.8 Å². The molecule has 1 aliphatic rings. The standard InChI is InChI=1S/C17H25N5O12/c1-4-2-22(17(32)21-12(4)27)14-10(26)9(25)11(34-14)7(15(29)30)20-13(28)6(18)8(24)5(23)3-33-16(19)31/h2,5-11,14,23-26H,3,18H2,1H3,(H2,19,31)(H,20,28)(H,29,30)(H,21,27,32)/t5-,6+,7-,8+,9-,10+,11+,14+/m0/s1. The van der Waals surface area contributed by atoms with Gasteiger partial charge in [-0.05, 0) is 6.92 Å². The molecule has 1 saturated heterocycles. The predicted octanol–water partition coefficient (Wildman–Crippen LogP) is -5.82. The lowest BCUT2D eigenvalue weighted by molar-refractivity contribution is -0.150. The predicted molar refractivity (Wildman–Crippen MR) is 107 cm³/mol. The van der Waals surface area contributed by atoms with Crippen molar-refractivity contribution < 1.29 is 49.4 Å². The minimum atomic E-state index is -2.04. The lowest BCUT2D eigenvalue weighted by atomic mass is 10.0. The second-order valence-corrected chi connectivity index (χ2v) is 7.49. The summed E-state index contributed by atoms with van der Waals surface area (Å²) < 4.78 is 10.4. The van der Waals surface area contributed by atoms with E-state index in [1.54, 1.807) is 0 Å². The van der Waals surface area contributed by atoms with Gasteiger partial charge in [0.2, 0.25) is 5.91 Å². The molecule has 0 spiro atoms. The Bertz CT molecular complexity index is 1040. The van der Waals surface area contributed by atoms with E-state index in [1.165, 1.54) is 6.92 Å². The van der Waals surface area contributed by atoms with Gasteiger partial charge in [0.1, 0.15) is 43.2 Å². The van der Waals surface area contributed by atoms with E-state index in [0.717, 1.165) is 10.8 Å². The van der Waals surface area contributed by atoms with Crippen LogP contribution in [0.4, 0.5) is 4.79 Å². The van der Waals surface area contributed by atoms with Crippen LogP contribution in [0.1, 0.15) is 11.8 Å². The van der Waals surface area contributed by atoms with Gasteiger partial charge in [0, 0.05) is 11.8 Å². The maximum Gasteiger partial charge on any atom is 0.404 e. The van der Waals surface area contributed by atoms with E-state index in [-0.39, 0.29) is 5.56 Å². The first kappa shape index (κ1) is 26.9. The number of aromatic amines is 1. The smallest absolute Gasteiger partial charge is 0.404 e. The summed E-state index contributed by atoms with van der Waals surface area (Å²) in [5.41, 5.74) is 8.58. The fourth-order valence-electron chi connectivity index (χ4n) is 3.16. The van der Waals surface area contributed by atoms with Crippen molar-refractivity contribution in [2.45, 2.75) is 55.8 Å². The zero-order valence-electron chi connectivity index (χ0n) is 17.6. The Labute approximate surface area is 189 Å². The van der Waals surface area contributed by atoms with Gasteiger partial charge in [-0.15, -0.1) is 0 Å². The number of primary amides is 1. The quantitative estimate of drug-likeness (QED) is 0.156. The van der Waals surface area contributed by atoms with Crippen LogP contribution in [0.15, 0.2) is 15.8 Å². The first-order chi connectivity index (χ1) is 15.8. The van der Waals surface area contributed by atoms with E-state index in [9.17, 15) is 49.5 Å². The van der Waals surface area contributed by atoms with Gasteiger partial charge in [-0.2, -0.15) is 0 Å². The first-order valence-corrected chi connectivity index (χ1v) is 9.67. The highest BCUT2D eigenvalue weighted by Crippen LogP contribution is 2.30. The highest BCUT2D eigenvalue weighted by Gasteiger charge is 2.50. The molecule has 8 atom stereocenters. The summed E-state index contributed by atoms with van der Waals surface area (Å²) in [4.78, 5) is 60.3. The molecule has 2 rings (SSSR count). The number of hydrogen-bond donors (Lipinski definition) is 9. The van der Waals surface area contributed by atoms with Crippen LogP contribution >= 0.6 is 0 Å². The summed E-state index contributed by atoms with van der Waals surface area (Å²) in [5, 5.41) is 51.8. The van der Waals surface area contributed by atoms with Crippen LogP contribution in [-0.4, -0.2) is 102 Å². The Morgan fingerprint density at radius 1 is 1.26 bits per heavy atom. The molecule has 1 aromatic rings. The van der Waals surface area contributed by atoms with Crippen LogP contribution < -0.4 is 28.0 Å². The molecule has 190 valence electrons. The van der Waals surface area contributed by atoms with Gasteiger partial charge in [0.15, 0.2) is 12.3 Å². The highest BCUT2D eigenvalue weighted by atomic mass is 16.6. The number of aryl methyl sites for hydroxylation is 1. The normalized spacial score (nSPS) is 25.7. The van der Waals surface area contributed by atoms with E-state index >= 15 is 0 Å². The van der Waals surface area contributed by atoms with Crippen LogP contribution in [0.25, 0.3) is 0 Å². The number of carbonyl (C=O) groups is 3. The number of nitrogens with one attached hydrogen (secondary N) is 2. The minimum absolute atomic E-state index is 0.0512. The van der Waals surface area contributed by atoms with E-state index in [2.05, 4.69) is 4.74 Å². The molecule has 1 aromatic heterocycles. The zero-order valence-corrected chi connectivity index (χ0v) is 17.6. The second kappa shape index (κ2) is 10.7. The van der Waals surface area contributed by atoms with Gasteiger partial charge < -0.3 is 51.8 Å². The van der Waals surface area contributed by atoms with Gasteiger partial charge in [0.05, 0.1) is 0 Å². The Morgan fingerprint density at radius 3 is 2.44 bits per heavy atom. The van der Waals surface area contributed by atoms with Crippen LogP contribution in [0, 0.1) is 6.92 Å². The van der Waals surface area contributed by atoms with Crippen molar-refractivity contribution in [3.05, 3.63) is 32.6 Å². The van der Waals surface area contributed by atoms with Crippen LogP contribution in [-0.2, 0) is 19.1 Å². The molecule has 0 radical (unpaired) electrons. The number of ether oxygens (including phenoxy) is 2. The number of aliphatic hydroxyl groups excluding tert-OH is 4. The van der Waals surface area contributed by atoms with Crippen LogP contribution in [0.3, 0.4) is 0 Å². The molecule has 0 bridgehead atoms. The number of hydrogen-bond acceptors (Lipinski definition) is 12. The number of carboxylic acids is 1. The average Bonchev–Trinajstić information content (AvgIpc) is 3.05.